The summed E-state index contributed by atoms with van der Waals surface area (Å²) in [6.07, 6.45) is 2.19. The first-order valence-corrected chi connectivity index (χ1v) is 11.1. The van der Waals surface area contributed by atoms with Gasteiger partial charge in [-0.3, -0.25) is 0 Å². The smallest absolute Gasteiger partial charge is 0.123 e. The maximum Gasteiger partial charge on any atom is 0.123 e. The Morgan fingerprint density at radius 1 is 1.13 bits per heavy atom. The van der Waals surface area contributed by atoms with Crippen molar-refractivity contribution in [1.29, 1.82) is 0 Å². The number of ether oxygens (including phenoxy) is 2. The van der Waals surface area contributed by atoms with Crippen LogP contribution < -0.4 is 4.74 Å². The number of benzene rings is 2. The predicted octanol–water partition coefficient (Wildman–Crippen LogP) is 5.16. The fourth-order valence-corrected chi connectivity index (χ4v) is 4.38. The van der Waals surface area contributed by atoms with Gasteiger partial charge in [-0.1, -0.05) is 56.4 Å². The monoisotopic (exact) mass is 422 g/mol. The number of para-hydroxylation sites is 1. The van der Waals surface area contributed by atoms with Gasteiger partial charge in [0.05, 0.1) is 19.8 Å². The summed E-state index contributed by atoms with van der Waals surface area (Å²) in [5.74, 6) is 1.43. The van der Waals surface area contributed by atoms with Crippen molar-refractivity contribution in [1.82, 2.24) is 9.47 Å². The standard InChI is InChI=1S/C25H30N2O2S/c1-18(2)20-9-8-19(3)16-24(20)29-15-12-27-17-22(21-6-4-5-7-23(21)27)25(30)26-10-13-28-14-11-26/h4-9,16-18H,10-15H2,1-3H3. The van der Waals surface area contributed by atoms with E-state index in [1.165, 1.54) is 22.0 Å². The highest BCUT2D eigenvalue weighted by Gasteiger charge is 2.19. The molecule has 1 saturated heterocycles. The van der Waals surface area contributed by atoms with E-state index in [0.717, 1.165) is 49.1 Å². The van der Waals surface area contributed by atoms with E-state index in [0.29, 0.717) is 12.5 Å². The third-order valence-electron chi connectivity index (χ3n) is 5.70. The molecule has 1 aliphatic heterocycles. The summed E-state index contributed by atoms with van der Waals surface area (Å²) in [5.41, 5.74) is 4.80. The molecule has 1 aromatic heterocycles. The van der Waals surface area contributed by atoms with Gasteiger partial charge in [0, 0.05) is 35.8 Å². The molecule has 158 valence electrons. The number of thiocarbonyl (C=S) groups is 1. The number of hydrogen-bond donors (Lipinski definition) is 0. The van der Waals surface area contributed by atoms with Gasteiger partial charge in [-0.2, -0.15) is 0 Å². The van der Waals surface area contributed by atoms with Crippen LogP contribution in [0.4, 0.5) is 0 Å². The van der Waals surface area contributed by atoms with Crippen molar-refractivity contribution in [3.63, 3.8) is 0 Å². The molecule has 2 heterocycles. The normalized spacial score (nSPS) is 14.5. The molecule has 0 spiro atoms. The molecule has 0 saturated carbocycles. The SMILES string of the molecule is Cc1ccc(C(C)C)c(OCCn2cc(C(=S)N3CCOCC3)c3ccccc32)c1. The van der Waals surface area contributed by atoms with Crippen LogP contribution in [0.5, 0.6) is 5.75 Å². The van der Waals surface area contributed by atoms with Crippen LogP contribution in [0.3, 0.4) is 0 Å². The van der Waals surface area contributed by atoms with E-state index in [-0.39, 0.29) is 0 Å². The lowest BCUT2D eigenvalue weighted by Gasteiger charge is -2.29. The minimum atomic E-state index is 0.436. The highest BCUT2D eigenvalue weighted by atomic mass is 32.1. The number of fused-ring (bicyclic) bond motifs is 1. The van der Waals surface area contributed by atoms with E-state index in [4.69, 9.17) is 21.7 Å². The molecule has 0 amide bonds. The van der Waals surface area contributed by atoms with Crippen molar-refractivity contribution in [3.8, 4) is 5.75 Å². The lowest BCUT2D eigenvalue weighted by Crippen LogP contribution is -2.40. The largest absolute Gasteiger partial charge is 0.491 e. The van der Waals surface area contributed by atoms with E-state index in [2.05, 4.69) is 78.9 Å². The average Bonchev–Trinajstić information content (AvgIpc) is 3.12. The van der Waals surface area contributed by atoms with Crippen molar-refractivity contribution < 1.29 is 9.47 Å². The molecule has 2 aromatic carbocycles. The zero-order valence-corrected chi connectivity index (χ0v) is 18.9. The van der Waals surface area contributed by atoms with Gasteiger partial charge in [-0.25, -0.2) is 0 Å². The second kappa shape index (κ2) is 9.19. The Bertz CT molecular complexity index is 1030. The molecular weight excluding hydrogens is 392 g/mol. The molecule has 4 nitrogen and oxygen atoms in total. The summed E-state index contributed by atoms with van der Waals surface area (Å²) in [7, 11) is 0. The number of rotatable bonds is 6. The second-order valence-corrected chi connectivity index (χ2v) is 8.59. The topological polar surface area (TPSA) is 26.6 Å². The molecule has 1 fully saturated rings. The highest BCUT2D eigenvalue weighted by molar-refractivity contribution is 7.80. The first-order chi connectivity index (χ1) is 14.5. The molecule has 3 aromatic rings. The summed E-state index contributed by atoms with van der Waals surface area (Å²) in [6.45, 7) is 11.1. The van der Waals surface area contributed by atoms with Crippen LogP contribution in [-0.4, -0.2) is 47.4 Å². The highest BCUT2D eigenvalue weighted by Crippen LogP contribution is 2.28. The maximum atomic E-state index is 6.24. The number of morpholine rings is 1. The summed E-state index contributed by atoms with van der Waals surface area (Å²) in [5, 5.41) is 1.20. The Labute approximate surface area is 184 Å². The third-order valence-corrected chi connectivity index (χ3v) is 6.18. The first-order valence-electron chi connectivity index (χ1n) is 10.7. The molecule has 30 heavy (non-hydrogen) atoms. The van der Waals surface area contributed by atoms with Crippen LogP contribution in [0, 0.1) is 6.92 Å². The van der Waals surface area contributed by atoms with Crippen LogP contribution in [0.2, 0.25) is 0 Å². The van der Waals surface area contributed by atoms with E-state index >= 15 is 0 Å². The average molecular weight is 423 g/mol. The molecule has 0 atom stereocenters. The number of nitrogens with zero attached hydrogens (tertiary/aromatic N) is 2. The molecule has 0 bridgehead atoms. The molecule has 4 rings (SSSR count). The van der Waals surface area contributed by atoms with E-state index in [1.54, 1.807) is 0 Å². The predicted molar refractivity (Wildman–Crippen MR) is 127 cm³/mol. The van der Waals surface area contributed by atoms with Gasteiger partial charge in [0.15, 0.2) is 0 Å². The first kappa shape index (κ1) is 20.9. The fraction of sp³-hybridized carbons (Fsp3) is 0.400. The zero-order chi connectivity index (χ0) is 21.1. The van der Waals surface area contributed by atoms with Crippen LogP contribution in [0.15, 0.2) is 48.7 Å². The molecule has 0 N–H and O–H groups in total. The van der Waals surface area contributed by atoms with Crippen molar-refractivity contribution in [2.75, 3.05) is 32.9 Å². The second-order valence-electron chi connectivity index (χ2n) is 8.20. The van der Waals surface area contributed by atoms with Gasteiger partial charge in [0.25, 0.3) is 0 Å². The number of aromatic nitrogens is 1. The van der Waals surface area contributed by atoms with Gasteiger partial charge in [0.1, 0.15) is 17.3 Å². The van der Waals surface area contributed by atoms with Gasteiger partial charge in [0.2, 0.25) is 0 Å². The Morgan fingerprint density at radius 3 is 2.67 bits per heavy atom. The maximum absolute atomic E-state index is 6.24. The number of hydrogen-bond acceptors (Lipinski definition) is 3. The summed E-state index contributed by atoms with van der Waals surface area (Å²) < 4.78 is 14.0. The van der Waals surface area contributed by atoms with Crippen molar-refractivity contribution in [3.05, 3.63) is 65.4 Å². The van der Waals surface area contributed by atoms with E-state index < -0.39 is 0 Å². The number of aryl methyl sites for hydroxylation is 1. The molecule has 0 aliphatic carbocycles. The van der Waals surface area contributed by atoms with Crippen LogP contribution in [0.25, 0.3) is 10.9 Å². The van der Waals surface area contributed by atoms with Gasteiger partial charge in [-0.15, -0.1) is 0 Å². The lowest BCUT2D eigenvalue weighted by molar-refractivity contribution is 0.0693. The van der Waals surface area contributed by atoms with Crippen LogP contribution in [-0.2, 0) is 11.3 Å². The van der Waals surface area contributed by atoms with Crippen LogP contribution >= 0.6 is 12.2 Å². The molecule has 5 heteroatoms. The minimum Gasteiger partial charge on any atom is -0.491 e. The zero-order valence-electron chi connectivity index (χ0n) is 18.1. The lowest BCUT2D eigenvalue weighted by atomic mass is 10.0. The van der Waals surface area contributed by atoms with Gasteiger partial charge >= 0.3 is 0 Å². The summed E-state index contributed by atoms with van der Waals surface area (Å²) in [6, 6.07) is 15.0. The third kappa shape index (κ3) is 4.37. The van der Waals surface area contributed by atoms with Crippen molar-refractivity contribution >= 4 is 28.1 Å². The van der Waals surface area contributed by atoms with Crippen molar-refractivity contribution in [2.45, 2.75) is 33.2 Å². The minimum absolute atomic E-state index is 0.436. The summed E-state index contributed by atoms with van der Waals surface area (Å²) >= 11 is 5.86. The molecule has 1 aliphatic rings. The molecule has 0 unspecified atom stereocenters. The fourth-order valence-electron chi connectivity index (χ4n) is 4.04. The molecule has 0 radical (unpaired) electrons. The van der Waals surface area contributed by atoms with Gasteiger partial charge < -0.3 is 18.9 Å². The Morgan fingerprint density at radius 2 is 1.90 bits per heavy atom. The van der Waals surface area contributed by atoms with E-state index in [9.17, 15) is 0 Å². The summed E-state index contributed by atoms with van der Waals surface area (Å²) in [4.78, 5) is 3.17. The molecular formula is C25H30N2O2S. The Hall–Kier alpha value is -2.37. The quantitative estimate of drug-likeness (QED) is 0.513. The van der Waals surface area contributed by atoms with Crippen molar-refractivity contribution in [2.24, 2.45) is 0 Å². The van der Waals surface area contributed by atoms with Crippen LogP contribution in [0.1, 0.15) is 36.5 Å². The Kier molecular flexibility index (Phi) is 6.40. The van der Waals surface area contributed by atoms with E-state index in [1.807, 2.05) is 0 Å². The van der Waals surface area contributed by atoms with Gasteiger partial charge in [-0.05, 0) is 36.1 Å². The Balaban J connectivity index is 1.54.